The van der Waals surface area contributed by atoms with Crippen LogP contribution >= 0.6 is 0 Å². The molecule has 0 saturated heterocycles. The Hall–Kier alpha value is -1.15. The van der Waals surface area contributed by atoms with Gasteiger partial charge in [0.05, 0.1) is 6.10 Å². The van der Waals surface area contributed by atoms with Crippen molar-refractivity contribution in [3.8, 4) is 0 Å². The second-order valence-electron chi connectivity index (χ2n) is 11.7. The highest BCUT2D eigenvalue weighted by molar-refractivity contribution is 5.92. The Morgan fingerprint density at radius 2 is 1.94 bits per heavy atom. The Bertz CT molecular complexity index is 858. The van der Waals surface area contributed by atoms with Gasteiger partial charge >= 0.3 is 0 Å². The molecule has 35 heavy (non-hydrogen) atoms. The number of methoxy groups -OCH3 is 1. The maximum Gasteiger partial charge on any atom is 0.190 e. The summed E-state index contributed by atoms with van der Waals surface area (Å²) in [6.07, 6.45) is 6.58. The van der Waals surface area contributed by atoms with Gasteiger partial charge in [-0.1, -0.05) is 39.2 Å². The summed E-state index contributed by atoms with van der Waals surface area (Å²) >= 11 is 0. The summed E-state index contributed by atoms with van der Waals surface area (Å²) < 4.78 is 34.5. The summed E-state index contributed by atoms with van der Waals surface area (Å²) in [5.41, 5.74) is -3.78. The number of aliphatic hydroxyl groups excluding tert-OH is 1. The number of aliphatic hydroxyl groups is 1. The summed E-state index contributed by atoms with van der Waals surface area (Å²) in [6, 6.07) is 0. The van der Waals surface area contributed by atoms with Gasteiger partial charge in [0.15, 0.2) is 11.6 Å². The maximum absolute atomic E-state index is 17.3. The molecule has 4 aliphatic rings. The molecule has 0 aromatic rings. The van der Waals surface area contributed by atoms with Crippen molar-refractivity contribution in [3.05, 3.63) is 11.6 Å². The van der Waals surface area contributed by atoms with Crippen LogP contribution in [0.3, 0.4) is 0 Å². The van der Waals surface area contributed by atoms with Gasteiger partial charge in [0, 0.05) is 36.9 Å². The van der Waals surface area contributed by atoms with Crippen LogP contribution in [0, 0.1) is 22.7 Å². The number of halogens is 1. The third-order valence-electron chi connectivity index (χ3n) is 10.2. The van der Waals surface area contributed by atoms with E-state index in [0.717, 1.165) is 24.8 Å². The minimum Gasteiger partial charge on any atom is -0.390 e. The number of ketones is 2. The molecule has 0 heterocycles. The second kappa shape index (κ2) is 9.96. The Labute approximate surface area is 209 Å². The first-order valence-corrected chi connectivity index (χ1v) is 13.5. The van der Waals surface area contributed by atoms with E-state index in [1.54, 1.807) is 6.08 Å². The van der Waals surface area contributed by atoms with E-state index >= 15 is 4.39 Å². The van der Waals surface area contributed by atoms with Crippen LogP contribution in [0.1, 0.15) is 85.0 Å². The molecule has 1 N–H and O–H groups in total. The number of carbonyl (C=O) groups is 2. The van der Waals surface area contributed by atoms with Crippen LogP contribution in [0.15, 0.2) is 11.6 Å². The first kappa shape index (κ1) is 26.9. The number of alkyl halides is 1. The van der Waals surface area contributed by atoms with Crippen LogP contribution in [0.2, 0.25) is 0 Å². The van der Waals surface area contributed by atoms with Gasteiger partial charge in [-0.2, -0.15) is 0 Å². The molecule has 0 aliphatic heterocycles. The van der Waals surface area contributed by atoms with Crippen LogP contribution < -0.4 is 0 Å². The smallest absolute Gasteiger partial charge is 0.190 e. The topological polar surface area (TPSA) is 82.1 Å². The lowest BCUT2D eigenvalue weighted by Gasteiger charge is -2.63. The zero-order chi connectivity index (χ0) is 25.5. The fourth-order valence-corrected chi connectivity index (χ4v) is 8.23. The Kier molecular flexibility index (Phi) is 7.65. The van der Waals surface area contributed by atoms with Crippen molar-refractivity contribution in [2.24, 2.45) is 22.7 Å². The standard InChI is InChI=1S/C28H43FO6/c1-5-6-7-14-34-17-24(32)27(35-18-33-4)13-11-21-22-9-8-19-15-20(30)10-12-25(19,2)28(22,29)23(31)16-26(21,27)3/h15,21-23,31H,5-14,16-18H2,1-4H3/t21-,22-,23?,25-,26-,27-,28-/m0/s1. The van der Waals surface area contributed by atoms with E-state index in [4.69, 9.17) is 14.2 Å². The second-order valence-corrected chi connectivity index (χ2v) is 11.7. The summed E-state index contributed by atoms with van der Waals surface area (Å²) in [4.78, 5) is 25.8. The predicted octanol–water partition coefficient (Wildman–Crippen LogP) is 4.72. The minimum atomic E-state index is -1.83. The number of ether oxygens (including phenoxy) is 3. The summed E-state index contributed by atoms with van der Waals surface area (Å²) in [5.74, 6) is -0.613. The fraction of sp³-hybridized carbons (Fsp3) is 0.857. The van der Waals surface area contributed by atoms with E-state index in [9.17, 15) is 14.7 Å². The van der Waals surface area contributed by atoms with Crippen LogP contribution in [0.25, 0.3) is 0 Å². The van der Waals surface area contributed by atoms with Crippen LogP contribution in [0.5, 0.6) is 0 Å². The molecule has 0 bridgehead atoms. The van der Waals surface area contributed by atoms with Gasteiger partial charge < -0.3 is 19.3 Å². The zero-order valence-corrected chi connectivity index (χ0v) is 21.9. The SMILES string of the molecule is CCCCCOCC(=O)[C@@]1(OCOC)CC[C@H]2[C@@H]3CCC4=CC(=O)CC[C@]4(C)[C@@]3(F)C(O)C[C@@]21C. The lowest BCUT2D eigenvalue weighted by molar-refractivity contribution is -0.244. The fourth-order valence-electron chi connectivity index (χ4n) is 8.23. The molecule has 3 saturated carbocycles. The van der Waals surface area contributed by atoms with E-state index in [0.29, 0.717) is 45.1 Å². The van der Waals surface area contributed by atoms with Crippen molar-refractivity contribution in [2.75, 3.05) is 27.1 Å². The van der Waals surface area contributed by atoms with Crippen molar-refractivity contribution < 1.29 is 33.3 Å². The van der Waals surface area contributed by atoms with Crippen molar-refractivity contribution in [1.29, 1.82) is 0 Å². The number of Topliss-reactive ketones (excluding diaryl/α,β-unsaturated/α-hetero) is 1. The van der Waals surface area contributed by atoms with Crippen molar-refractivity contribution >= 4 is 11.6 Å². The minimum absolute atomic E-state index is 0.0435. The number of carbonyl (C=O) groups excluding carboxylic acids is 2. The molecule has 0 spiro atoms. The number of unbranched alkanes of at least 4 members (excludes halogenated alkanes) is 2. The van der Waals surface area contributed by atoms with E-state index in [1.165, 1.54) is 7.11 Å². The number of rotatable bonds is 10. The van der Waals surface area contributed by atoms with Gasteiger partial charge in [0.1, 0.15) is 24.7 Å². The number of hydrogen-bond donors (Lipinski definition) is 1. The molecule has 0 aromatic carbocycles. The van der Waals surface area contributed by atoms with Crippen molar-refractivity contribution in [2.45, 2.75) is 102 Å². The molecular weight excluding hydrogens is 451 g/mol. The van der Waals surface area contributed by atoms with E-state index in [2.05, 4.69) is 6.92 Å². The molecule has 1 unspecified atom stereocenters. The summed E-state index contributed by atoms with van der Waals surface area (Å²) in [5, 5.41) is 11.5. The van der Waals surface area contributed by atoms with Gasteiger partial charge in [-0.25, -0.2) is 4.39 Å². The highest BCUT2D eigenvalue weighted by Crippen LogP contribution is 2.70. The molecule has 0 aromatic heterocycles. The van der Waals surface area contributed by atoms with Gasteiger partial charge in [-0.15, -0.1) is 0 Å². The first-order valence-electron chi connectivity index (χ1n) is 13.5. The van der Waals surface area contributed by atoms with Crippen LogP contribution in [-0.4, -0.2) is 61.2 Å². The average molecular weight is 495 g/mol. The van der Waals surface area contributed by atoms with E-state index in [-0.39, 0.29) is 37.3 Å². The molecule has 4 aliphatic carbocycles. The number of hydrogen-bond acceptors (Lipinski definition) is 6. The monoisotopic (exact) mass is 494 g/mol. The summed E-state index contributed by atoms with van der Waals surface area (Å²) in [6.45, 7) is 6.43. The first-order chi connectivity index (χ1) is 16.6. The third-order valence-corrected chi connectivity index (χ3v) is 10.2. The molecule has 198 valence electrons. The molecule has 4 rings (SSSR count). The van der Waals surface area contributed by atoms with E-state index in [1.807, 2.05) is 13.8 Å². The molecule has 6 nitrogen and oxygen atoms in total. The van der Waals surface area contributed by atoms with Crippen molar-refractivity contribution in [3.63, 3.8) is 0 Å². The Morgan fingerprint density at radius 1 is 1.17 bits per heavy atom. The zero-order valence-electron chi connectivity index (χ0n) is 21.9. The molecular formula is C28H43FO6. The predicted molar refractivity (Wildman–Crippen MR) is 129 cm³/mol. The molecule has 0 radical (unpaired) electrons. The van der Waals surface area contributed by atoms with E-state index < -0.39 is 34.1 Å². The highest BCUT2D eigenvalue weighted by atomic mass is 19.1. The van der Waals surface area contributed by atoms with Gasteiger partial charge in [-0.3, -0.25) is 9.59 Å². The van der Waals surface area contributed by atoms with Crippen molar-refractivity contribution in [1.82, 2.24) is 0 Å². The molecule has 7 heteroatoms. The quantitative estimate of drug-likeness (QED) is 0.350. The Balaban J connectivity index is 1.65. The van der Waals surface area contributed by atoms with Crippen LogP contribution in [-0.2, 0) is 23.8 Å². The molecule has 7 atom stereocenters. The largest absolute Gasteiger partial charge is 0.390 e. The normalized spacial score (nSPS) is 42.7. The number of fused-ring (bicyclic) bond motifs is 5. The third kappa shape index (κ3) is 3.96. The van der Waals surface area contributed by atoms with Gasteiger partial charge in [0.2, 0.25) is 0 Å². The highest BCUT2D eigenvalue weighted by Gasteiger charge is 2.75. The Morgan fingerprint density at radius 3 is 2.66 bits per heavy atom. The number of allylic oxidation sites excluding steroid dienone is 1. The maximum atomic E-state index is 17.3. The van der Waals surface area contributed by atoms with Gasteiger partial charge in [0.25, 0.3) is 0 Å². The average Bonchev–Trinajstić information content (AvgIpc) is 3.11. The lowest BCUT2D eigenvalue weighted by atomic mass is 9.44. The molecule has 0 amide bonds. The van der Waals surface area contributed by atoms with Crippen LogP contribution in [0.4, 0.5) is 4.39 Å². The van der Waals surface area contributed by atoms with Gasteiger partial charge in [-0.05, 0) is 56.9 Å². The lowest BCUT2D eigenvalue weighted by Crippen LogP contribution is -2.70. The summed E-state index contributed by atoms with van der Waals surface area (Å²) in [7, 11) is 1.52. The molecule has 3 fully saturated rings.